The fourth-order valence-electron chi connectivity index (χ4n) is 1.12. The highest BCUT2D eigenvalue weighted by atomic mass is 35.5. The predicted molar refractivity (Wildman–Crippen MR) is 66.6 cm³/mol. The number of amides is 1. The Morgan fingerprint density at radius 3 is 2.73 bits per heavy atom. The number of thioether (sulfide) groups is 1. The molecule has 5 heteroatoms. The van der Waals surface area contributed by atoms with Gasteiger partial charge in [-0.2, -0.15) is 11.8 Å². The summed E-state index contributed by atoms with van der Waals surface area (Å²) in [5.41, 5.74) is -0.818. The molecular weight excluding hydrogens is 234 g/mol. The molecule has 0 aliphatic heterocycles. The van der Waals surface area contributed by atoms with Crippen molar-refractivity contribution in [1.29, 1.82) is 0 Å². The minimum atomic E-state index is -0.818. The Morgan fingerprint density at radius 1 is 1.53 bits per heavy atom. The molecule has 0 heterocycles. The van der Waals surface area contributed by atoms with Gasteiger partial charge in [-0.15, -0.1) is 11.6 Å². The fraction of sp³-hybridized carbons (Fsp3) is 0.900. The maximum Gasteiger partial charge on any atom is 0.220 e. The number of alkyl halides is 1. The van der Waals surface area contributed by atoms with E-state index in [0.29, 0.717) is 24.6 Å². The van der Waals surface area contributed by atoms with Gasteiger partial charge < -0.3 is 10.4 Å². The van der Waals surface area contributed by atoms with Crippen molar-refractivity contribution in [3.8, 4) is 0 Å². The summed E-state index contributed by atoms with van der Waals surface area (Å²) in [6.45, 7) is 2.04. The molecule has 0 saturated heterocycles. The highest BCUT2D eigenvalue weighted by Crippen LogP contribution is 2.09. The zero-order valence-electron chi connectivity index (χ0n) is 9.38. The summed E-state index contributed by atoms with van der Waals surface area (Å²) in [7, 11) is 0. The highest BCUT2D eigenvalue weighted by molar-refractivity contribution is 7.98. The first-order valence-corrected chi connectivity index (χ1v) is 6.98. The summed E-state index contributed by atoms with van der Waals surface area (Å²) >= 11 is 7.06. The molecule has 0 bridgehead atoms. The quantitative estimate of drug-likeness (QED) is 0.511. The summed E-state index contributed by atoms with van der Waals surface area (Å²) in [6.07, 6.45) is 4.08. The largest absolute Gasteiger partial charge is 0.387 e. The lowest BCUT2D eigenvalue weighted by Gasteiger charge is -2.22. The van der Waals surface area contributed by atoms with Crippen LogP contribution >= 0.6 is 23.4 Å². The van der Waals surface area contributed by atoms with Gasteiger partial charge in [-0.05, 0) is 26.0 Å². The van der Waals surface area contributed by atoms with E-state index in [0.717, 1.165) is 12.8 Å². The maximum atomic E-state index is 11.3. The van der Waals surface area contributed by atoms with E-state index in [1.165, 1.54) is 0 Å². The lowest BCUT2D eigenvalue weighted by Crippen LogP contribution is -2.42. The predicted octanol–water partition coefficient (Wildman–Crippen LogP) is 1.63. The highest BCUT2D eigenvalue weighted by Gasteiger charge is 2.19. The summed E-state index contributed by atoms with van der Waals surface area (Å²) in [5.74, 6) is 1.20. The number of rotatable bonds is 8. The minimum Gasteiger partial charge on any atom is -0.387 e. The number of carbonyl (C=O) groups excluding carboxylic acids is 1. The molecule has 0 aliphatic carbocycles. The first-order chi connectivity index (χ1) is 7.02. The van der Waals surface area contributed by atoms with Crippen LogP contribution in [0.4, 0.5) is 0 Å². The maximum absolute atomic E-state index is 11.3. The Bertz CT molecular complexity index is 188. The Balaban J connectivity index is 3.60. The molecule has 0 radical (unpaired) electrons. The third kappa shape index (κ3) is 9.03. The Labute approximate surface area is 101 Å². The second kappa shape index (κ2) is 8.25. The zero-order valence-corrected chi connectivity index (χ0v) is 11.0. The summed E-state index contributed by atoms with van der Waals surface area (Å²) in [5, 5.41) is 12.5. The number of halogens is 1. The van der Waals surface area contributed by atoms with Crippen molar-refractivity contribution in [3.63, 3.8) is 0 Å². The van der Waals surface area contributed by atoms with Crippen molar-refractivity contribution < 1.29 is 9.90 Å². The summed E-state index contributed by atoms with van der Waals surface area (Å²) < 4.78 is 0. The number of hydrogen-bond donors (Lipinski definition) is 2. The van der Waals surface area contributed by atoms with Crippen LogP contribution in [0.2, 0.25) is 0 Å². The number of hydrogen-bond acceptors (Lipinski definition) is 3. The van der Waals surface area contributed by atoms with E-state index in [1.807, 2.05) is 6.26 Å². The van der Waals surface area contributed by atoms with Gasteiger partial charge in [-0.3, -0.25) is 4.79 Å². The smallest absolute Gasteiger partial charge is 0.220 e. The van der Waals surface area contributed by atoms with Gasteiger partial charge in [-0.25, -0.2) is 0 Å². The number of nitrogens with one attached hydrogen (secondary N) is 1. The SMILES string of the molecule is CSCC(C)(O)CNC(=O)CCCCCl. The second-order valence-electron chi connectivity index (χ2n) is 3.85. The van der Waals surface area contributed by atoms with Crippen molar-refractivity contribution in [2.45, 2.75) is 31.8 Å². The van der Waals surface area contributed by atoms with Gasteiger partial charge in [0, 0.05) is 24.6 Å². The van der Waals surface area contributed by atoms with Gasteiger partial charge in [0.2, 0.25) is 5.91 Å². The molecule has 0 aromatic heterocycles. The van der Waals surface area contributed by atoms with E-state index in [1.54, 1.807) is 18.7 Å². The van der Waals surface area contributed by atoms with Gasteiger partial charge in [0.1, 0.15) is 0 Å². The van der Waals surface area contributed by atoms with Gasteiger partial charge in [0.25, 0.3) is 0 Å². The van der Waals surface area contributed by atoms with Gasteiger partial charge >= 0.3 is 0 Å². The Morgan fingerprint density at radius 2 is 2.20 bits per heavy atom. The van der Waals surface area contributed by atoms with Crippen molar-refractivity contribution in [2.75, 3.05) is 24.4 Å². The minimum absolute atomic E-state index is 0.0125. The van der Waals surface area contributed by atoms with Gasteiger partial charge in [-0.1, -0.05) is 0 Å². The molecule has 0 aromatic carbocycles. The Kier molecular flexibility index (Phi) is 8.29. The third-order valence-corrected chi connectivity index (χ3v) is 3.09. The van der Waals surface area contributed by atoms with E-state index in [-0.39, 0.29) is 5.91 Å². The lowest BCUT2D eigenvalue weighted by atomic mass is 10.1. The van der Waals surface area contributed by atoms with Crippen LogP contribution in [0.15, 0.2) is 0 Å². The molecule has 0 fully saturated rings. The molecule has 90 valence electrons. The zero-order chi connectivity index (χ0) is 11.7. The number of aliphatic hydroxyl groups is 1. The fourth-order valence-corrected chi connectivity index (χ4v) is 2.03. The van der Waals surface area contributed by atoms with Crippen molar-refractivity contribution in [1.82, 2.24) is 5.32 Å². The molecule has 0 aliphatic rings. The first-order valence-electron chi connectivity index (χ1n) is 5.06. The standard InChI is InChI=1S/C10H20ClNO2S/c1-10(14,8-15-2)7-12-9(13)5-3-4-6-11/h14H,3-8H2,1-2H3,(H,12,13). The topological polar surface area (TPSA) is 49.3 Å². The van der Waals surface area contributed by atoms with Crippen LogP contribution in [0.3, 0.4) is 0 Å². The molecule has 1 unspecified atom stereocenters. The third-order valence-electron chi connectivity index (χ3n) is 1.91. The molecule has 2 N–H and O–H groups in total. The molecule has 0 aromatic rings. The Hall–Kier alpha value is 0.0700. The second-order valence-corrected chi connectivity index (χ2v) is 5.10. The molecular formula is C10H20ClNO2S. The summed E-state index contributed by atoms with van der Waals surface area (Å²) in [4.78, 5) is 11.3. The number of unbranched alkanes of at least 4 members (excludes halogenated alkanes) is 1. The van der Waals surface area contributed by atoms with E-state index in [9.17, 15) is 9.90 Å². The average molecular weight is 254 g/mol. The lowest BCUT2D eigenvalue weighted by molar-refractivity contribution is -0.122. The van der Waals surface area contributed by atoms with Crippen LogP contribution in [0.25, 0.3) is 0 Å². The van der Waals surface area contributed by atoms with Crippen LogP contribution in [0.1, 0.15) is 26.2 Å². The van der Waals surface area contributed by atoms with E-state index >= 15 is 0 Å². The molecule has 0 saturated carbocycles. The van der Waals surface area contributed by atoms with E-state index in [2.05, 4.69) is 5.32 Å². The van der Waals surface area contributed by atoms with Crippen molar-refractivity contribution >= 4 is 29.3 Å². The van der Waals surface area contributed by atoms with Gasteiger partial charge in [0.05, 0.1) is 5.60 Å². The van der Waals surface area contributed by atoms with E-state index in [4.69, 9.17) is 11.6 Å². The monoisotopic (exact) mass is 253 g/mol. The first kappa shape index (κ1) is 15.1. The molecule has 15 heavy (non-hydrogen) atoms. The molecule has 3 nitrogen and oxygen atoms in total. The van der Waals surface area contributed by atoms with Crippen LogP contribution in [-0.4, -0.2) is 41.0 Å². The average Bonchev–Trinajstić information content (AvgIpc) is 2.15. The van der Waals surface area contributed by atoms with Crippen LogP contribution in [0, 0.1) is 0 Å². The molecule has 1 atom stereocenters. The summed E-state index contributed by atoms with van der Waals surface area (Å²) in [6, 6.07) is 0. The van der Waals surface area contributed by atoms with Crippen LogP contribution in [0.5, 0.6) is 0 Å². The molecule has 0 rings (SSSR count). The van der Waals surface area contributed by atoms with E-state index < -0.39 is 5.60 Å². The van der Waals surface area contributed by atoms with Crippen molar-refractivity contribution in [3.05, 3.63) is 0 Å². The molecule has 0 spiro atoms. The van der Waals surface area contributed by atoms with Crippen LogP contribution < -0.4 is 5.32 Å². The normalized spacial score (nSPS) is 14.7. The van der Waals surface area contributed by atoms with Crippen LogP contribution in [-0.2, 0) is 4.79 Å². The van der Waals surface area contributed by atoms with Gasteiger partial charge in [0.15, 0.2) is 0 Å². The molecule has 1 amide bonds. The number of carbonyl (C=O) groups is 1. The van der Waals surface area contributed by atoms with Crippen molar-refractivity contribution in [2.24, 2.45) is 0 Å².